The van der Waals surface area contributed by atoms with Crippen LogP contribution in [-0.2, 0) is 9.59 Å². The number of aryl methyl sites for hydroxylation is 1. The van der Waals surface area contributed by atoms with Gasteiger partial charge in [0.25, 0.3) is 5.78 Å². The highest BCUT2D eigenvalue weighted by molar-refractivity contribution is 7.22. The predicted octanol–water partition coefficient (Wildman–Crippen LogP) is 6.42. The van der Waals surface area contributed by atoms with Crippen LogP contribution in [0.3, 0.4) is 0 Å². The number of aliphatic hydroxyl groups is 1. The smallest absolute Gasteiger partial charge is 0.301 e. The lowest BCUT2D eigenvalue weighted by molar-refractivity contribution is -0.132. The molecule has 1 aliphatic heterocycles. The van der Waals surface area contributed by atoms with E-state index in [4.69, 9.17) is 9.47 Å². The highest BCUT2D eigenvalue weighted by Crippen LogP contribution is 2.44. The Kier molecular flexibility index (Phi) is 7.15. The Morgan fingerprint density at radius 2 is 1.76 bits per heavy atom. The lowest BCUT2D eigenvalue weighted by Crippen LogP contribution is -2.29. The summed E-state index contributed by atoms with van der Waals surface area (Å²) in [6, 6.07) is 19.2. The number of ketones is 1. The van der Waals surface area contributed by atoms with Crippen LogP contribution in [-0.4, -0.2) is 35.0 Å². The molecule has 8 heteroatoms. The zero-order valence-electron chi connectivity index (χ0n) is 21.4. The molecule has 1 amide bonds. The molecule has 1 aromatic heterocycles. The SMILES string of the molecule is CCCOc1cccc(C(O)=C2C(=O)C(=O)N(c3nc4ccc(OCC)cc4s3)C2c2ccc(C)cc2)c1. The first kappa shape index (κ1) is 25.5. The maximum atomic E-state index is 13.5. The number of nitrogens with zero attached hydrogens (tertiary/aromatic N) is 2. The van der Waals surface area contributed by atoms with E-state index >= 15 is 0 Å². The minimum Gasteiger partial charge on any atom is -0.507 e. The fourth-order valence-corrected chi connectivity index (χ4v) is 5.48. The summed E-state index contributed by atoms with van der Waals surface area (Å²) in [4.78, 5) is 33.1. The van der Waals surface area contributed by atoms with Crippen LogP contribution in [0.5, 0.6) is 11.5 Å². The average molecular weight is 529 g/mol. The van der Waals surface area contributed by atoms with Gasteiger partial charge < -0.3 is 14.6 Å². The Bertz CT molecular complexity index is 1540. The molecule has 0 aliphatic carbocycles. The quantitative estimate of drug-likeness (QED) is 0.161. The van der Waals surface area contributed by atoms with E-state index in [0.717, 1.165) is 16.7 Å². The summed E-state index contributed by atoms with van der Waals surface area (Å²) in [7, 11) is 0. The van der Waals surface area contributed by atoms with Crippen molar-refractivity contribution in [3.63, 3.8) is 0 Å². The fourth-order valence-electron chi connectivity index (χ4n) is 4.45. The lowest BCUT2D eigenvalue weighted by Gasteiger charge is -2.23. The van der Waals surface area contributed by atoms with Crippen molar-refractivity contribution in [1.82, 2.24) is 4.98 Å². The molecule has 0 spiro atoms. The van der Waals surface area contributed by atoms with Crippen LogP contribution in [0.15, 0.2) is 72.3 Å². The van der Waals surface area contributed by atoms with Gasteiger partial charge in [0.15, 0.2) is 5.13 Å². The maximum Gasteiger partial charge on any atom is 0.301 e. The molecule has 4 aromatic rings. The number of carbonyl (C=O) groups excluding carboxylic acids is 2. The number of ether oxygens (including phenoxy) is 2. The number of hydrogen-bond acceptors (Lipinski definition) is 7. The molecular formula is C30H28N2O5S. The zero-order valence-corrected chi connectivity index (χ0v) is 22.2. The lowest BCUT2D eigenvalue weighted by atomic mass is 9.95. The number of thiazole rings is 1. The molecule has 5 rings (SSSR count). The molecule has 1 unspecified atom stereocenters. The fraction of sp³-hybridized carbons (Fsp3) is 0.233. The van der Waals surface area contributed by atoms with Gasteiger partial charge in [-0.3, -0.25) is 14.5 Å². The van der Waals surface area contributed by atoms with Crippen LogP contribution in [0, 0.1) is 6.92 Å². The Hall–Kier alpha value is -4.17. The van der Waals surface area contributed by atoms with Crippen LogP contribution in [0.25, 0.3) is 16.0 Å². The summed E-state index contributed by atoms with van der Waals surface area (Å²) in [5, 5.41) is 11.8. The summed E-state index contributed by atoms with van der Waals surface area (Å²) in [6.07, 6.45) is 0.836. The molecule has 1 saturated heterocycles. The third-order valence-corrected chi connectivity index (χ3v) is 7.30. The van der Waals surface area contributed by atoms with Gasteiger partial charge in [0.1, 0.15) is 17.3 Å². The molecule has 0 saturated carbocycles. The van der Waals surface area contributed by atoms with Gasteiger partial charge in [-0.05, 0) is 56.2 Å². The second-order valence-electron chi connectivity index (χ2n) is 9.02. The van der Waals surface area contributed by atoms with Gasteiger partial charge in [0.05, 0.1) is 35.0 Å². The molecule has 38 heavy (non-hydrogen) atoms. The number of aromatic nitrogens is 1. The van der Waals surface area contributed by atoms with Crippen molar-refractivity contribution >= 4 is 44.1 Å². The number of anilines is 1. The van der Waals surface area contributed by atoms with Gasteiger partial charge in [-0.2, -0.15) is 0 Å². The molecule has 1 atom stereocenters. The summed E-state index contributed by atoms with van der Waals surface area (Å²) < 4.78 is 12.2. The molecule has 0 bridgehead atoms. The molecule has 1 fully saturated rings. The number of Topliss-reactive ketones (excluding diaryl/α,β-unsaturated/α-hetero) is 1. The monoisotopic (exact) mass is 528 g/mol. The number of hydrogen-bond donors (Lipinski definition) is 1. The number of benzene rings is 3. The summed E-state index contributed by atoms with van der Waals surface area (Å²) in [5.74, 6) is -0.467. The Morgan fingerprint density at radius 1 is 1.00 bits per heavy atom. The molecule has 7 nitrogen and oxygen atoms in total. The summed E-state index contributed by atoms with van der Waals surface area (Å²) in [5.41, 5.74) is 2.85. The molecule has 2 heterocycles. The van der Waals surface area contributed by atoms with Crippen LogP contribution < -0.4 is 14.4 Å². The summed E-state index contributed by atoms with van der Waals surface area (Å²) in [6.45, 7) is 6.94. The average Bonchev–Trinajstić information content (AvgIpc) is 3.45. The van der Waals surface area contributed by atoms with Crippen molar-refractivity contribution in [3.05, 3.63) is 89.0 Å². The predicted molar refractivity (Wildman–Crippen MR) is 149 cm³/mol. The van der Waals surface area contributed by atoms with Crippen molar-refractivity contribution in [2.75, 3.05) is 18.1 Å². The molecule has 194 valence electrons. The number of aliphatic hydroxyl groups excluding tert-OH is 1. The van der Waals surface area contributed by atoms with E-state index in [1.807, 2.05) is 63.2 Å². The first-order valence-electron chi connectivity index (χ1n) is 12.6. The third-order valence-electron chi connectivity index (χ3n) is 6.28. The van der Waals surface area contributed by atoms with Gasteiger partial charge in [-0.15, -0.1) is 0 Å². The zero-order chi connectivity index (χ0) is 26.8. The van der Waals surface area contributed by atoms with Crippen molar-refractivity contribution in [3.8, 4) is 11.5 Å². The first-order chi connectivity index (χ1) is 18.4. The number of carbonyl (C=O) groups is 2. The largest absolute Gasteiger partial charge is 0.507 e. The molecule has 1 N–H and O–H groups in total. The molecule has 1 aliphatic rings. The topological polar surface area (TPSA) is 89.0 Å². The number of amides is 1. The number of fused-ring (bicyclic) bond motifs is 1. The second-order valence-corrected chi connectivity index (χ2v) is 10.0. The van der Waals surface area contributed by atoms with Crippen molar-refractivity contribution in [1.29, 1.82) is 0 Å². The Labute approximate surface area is 225 Å². The van der Waals surface area contributed by atoms with Gasteiger partial charge >= 0.3 is 5.91 Å². The molecule has 3 aromatic carbocycles. The van der Waals surface area contributed by atoms with E-state index in [1.165, 1.54) is 16.2 Å². The molecule has 0 radical (unpaired) electrons. The van der Waals surface area contributed by atoms with Crippen molar-refractivity contribution < 1.29 is 24.2 Å². The van der Waals surface area contributed by atoms with Gasteiger partial charge in [-0.1, -0.05) is 60.2 Å². The second kappa shape index (κ2) is 10.7. The van der Waals surface area contributed by atoms with E-state index in [9.17, 15) is 14.7 Å². The summed E-state index contributed by atoms with van der Waals surface area (Å²) >= 11 is 1.30. The van der Waals surface area contributed by atoms with E-state index in [1.54, 1.807) is 24.3 Å². The Balaban J connectivity index is 1.65. The number of rotatable bonds is 8. The van der Waals surface area contributed by atoms with E-state index in [0.29, 0.717) is 46.5 Å². The van der Waals surface area contributed by atoms with E-state index in [-0.39, 0.29) is 11.3 Å². The minimum atomic E-state index is -0.845. The van der Waals surface area contributed by atoms with Crippen LogP contribution in [0.4, 0.5) is 5.13 Å². The van der Waals surface area contributed by atoms with E-state index < -0.39 is 17.7 Å². The van der Waals surface area contributed by atoms with Gasteiger partial charge in [0.2, 0.25) is 0 Å². The van der Waals surface area contributed by atoms with Crippen LogP contribution >= 0.6 is 11.3 Å². The van der Waals surface area contributed by atoms with Gasteiger partial charge in [-0.25, -0.2) is 4.98 Å². The minimum absolute atomic E-state index is 0.0146. The van der Waals surface area contributed by atoms with Crippen LogP contribution in [0.1, 0.15) is 43.0 Å². The standard InChI is InChI=1S/C30H28N2O5S/c1-4-15-37-21-8-6-7-20(16-21)27(33)25-26(19-11-9-18(3)10-12-19)32(29(35)28(25)34)30-31-23-14-13-22(36-5-2)17-24(23)38-30/h6-14,16-17,26,33H,4-5,15H2,1-3H3. The Morgan fingerprint density at radius 3 is 2.50 bits per heavy atom. The highest BCUT2D eigenvalue weighted by atomic mass is 32.1. The highest BCUT2D eigenvalue weighted by Gasteiger charge is 2.48. The van der Waals surface area contributed by atoms with Crippen molar-refractivity contribution in [2.45, 2.75) is 33.2 Å². The third kappa shape index (κ3) is 4.75. The van der Waals surface area contributed by atoms with Crippen LogP contribution in [0.2, 0.25) is 0 Å². The molecular weight excluding hydrogens is 500 g/mol. The first-order valence-corrected chi connectivity index (χ1v) is 13.4. The maximum absolute atomic E-state index is 13.5. The van der Waals surface area contributed by atoms with Gasteiger partial charge in [0, 0.05) is 5.56 Å². The normalized spacial score (nSPS) is 16.8. The van der Waals surface area contributed by atoms with Crippen molar-refractivity contribution in [2.24, 2.45) is 0 Å². The van der Waals surface area contributed by atoms with E-state index in [2.05, 4.69) is 4.98 Å².